The Morgan fingerprint density at radius 2 is 1.72 bits per heavy atom. The highest BCUT2D eigenvalue weighted by Gasteiger charge is 2.25. The minimum atomic E-state index is 0. The maximum absolute atomic E-state index is 13.2. The van der Waals surface area contributed by atoms with Crippen molar-refractivity contribution in [3.63, 3.8) is 0 Å². The van der Waals surface area contributed by atoms with Gasteiger partial charge in [0, 0.05) is 50.3 Å². The van der Waals surface area contributed by atoms with Crippen LogP contribution >= 0.6 is 24.8 Å². The van der Waals surface area contributed by atoms with Crippen molar-refractivity contribution >= 4 is 36.4 Å². The molecule has 0 bridgehead atoms. The molecule has 0 unspecified atom stereocenters. The second-order valence-corrected chi connectivity index (χ2v) is 7.38. The highest BCUT2D eigenvalue weighted by molar-refractivity contribution is 5.95. The number of carbonyl (C=O) groups excluding carboxylic acids is 1. The minimum absolute atomic E-state index is 0. The van der Waals surface area contributed by atoms with Gasteiger partial charge < -0.3 is 15.1 Å². The summed E-state index contributed by atoms with van der Waals surface area (Å²) in [6.07, 6.45) is 6.53. The summed E-state index contributed by atoms with van der Waals surface area (Å²) < 4.78 is 0. The predicted molar refractivity (Wildman–Crippen MR) is 126 cm³/mol. The lowest BCUT2D eigenvalue weighted by molar-refractivity contribution is 0.0642. The highest BCUT2D eigenvalue weighted by Crippen LogP contribution is 2.24. The van der Waals surface area contributed by atoms with E-state index in [-0.39, 0.29) is 30.7 Å². The summed E-state index contributed by atoms with van der Waals surface area (Å²) in [5.41, 5.74) is 3.88. The molecular weight excluding hydrogens is 407 g/mol. The molecule has 0 atom stereocenters. The van der Waals surface area contributed by atoms with Crippen LogP contribution in [0.25, 0.3) is 11.1 Å². The molecule has 0 radical (unpaired) electrons. The van der Waals surface area contributed by atoms with Gasteiger partial charge in [0.05, 0.1) is 5.56 Å². The van der Waals surface area contributed by atoms with Crippen LogP contribution in [0.3, 0.4) is 0 Å². The first-order chi connectivity index (χ1) is 13.1. The zero-order valence-electron chi connectivity index (χ0n) is 17.4. The fourth-order valence-corrected chi connectivity index (χ4v) is 3.64. The van der Waals surface area contributed by atoms with Crippen LogP contribution in [0.5, 0.6) is 0 Å². The SMILES string of the molecule is CCCN(C(=O)c1cncc(-c2ccc(N(C)C)cc2)c1)C1CCNCC1.Cl.Cl. The van der Waals surface area contributed by atoms with Gasteiger partial charge in [-0.15, -0.1) is 24.8 Å². The Balaban J connectivity index is 0.00000210. The molecule has 0 aliphatic carbocycles. The van der Waals surface area contributed by atoms with Crippen molar-refractivity contribution < 1.29 is 4.79 Å². The molecule has 0 spiro atoms. The highest BCUT2D eigenvalue weighted by atomic mass is 35.5. The van der Waals surface area contributed by atoms with E-state index in [4.69, 9.17) is 0 Å². The smallest absolute Gasteiger partial charge is 0.255 e. The second-order valence-electron chi connectivity index (χ2n) is 7.38. The van der Waals surface area contributed by atoms with Gasteiger partial charge in [-0.1, -0.05) is 19.1 Å². The van der Waals surface area contributed by atoms with Crippen LogP contribution < -0.4 is 10.2 Å². The Morgan fingerprint density at radius 3 is 2.31 bits per heavy atom. The molecule has 1 amide bonds. The molecule has 1 aromatic carbocycles. The number of amides is 1. The molecule has 1 aliphatic heterocycles. The average Bonchev–Trinajstić information content (AvgIpc) is 2.72. The topological polar surface area (TPSA) is 48.5 Å². The maximum atomic E-state index is 13.2. The van der Waals surface area contributed by atoms with Crippen molar-refractivity contribution in [1.82, 2.24) is 15.2 Å². The van der Waals surface area contributed by atoms with E-state index in [1.54, 1.807) is 6.20 Å². The van der Waals surface area contributed by atoms with Crippen LogP contribution in [0.15, 0.2) is 42.7 Å². The van der Waals surface area contributed by atoms with Gasteiger partial charge in [0.25, 0.3) is 5.91 Å². The molecule has 3 rings (SSSR count). The van der Waals surface area contributed by atoms with Crippen LogP contribution in [-0.4, -0.2) is 55.6 Å². The largest absolute Gasteiger partial charge is 0.378 e. The standard InChI is InChI=1S/C22H30N4O.2ClH/c1-4-13-26(21-9-11-23-12-10-21)22(27)19-14-18(15-24-16-19)17-5-7-20(8-6-17)25(2)3;;/h5-8,14-16,21,23H,4,9-13H2,1-3H3;2*1H. The van der Waals surface area contributed by atoms with E-state index in [0.717, 1.165) is 55.7 Å². The van der Waals surface area contributed by atoms with Gasteiger partial charge in [0.1, 0.15) is 0 Å². The summed E-state index contributed by atoms with van der Waals surface area (Å²) in [4.78, 5) is 21.7. The number of rotatable bonds is 6. The normalized spacial score (nSPS) is 13.8. The first kappa shape index (κ1) is 25.2. The summed E-state index contributed by atoms with van der Waals surface area (Å²) in [5.74, 6) is 0.100. The quantitative estimate of drug-likeness (QED) is 0.731. The molecule has 1 aromatic heterocycles. The molecule has 29 heavy (non-hydrogen) atoms. The molecule has 5 nitrogen and oxygen atoms in total. The molecule has 2 heterocycles. The van der Waals surface area contributed by atoms with Crippen molar-refractivity contribution in [1.29, 1.82) is 0 Å². The Kier molecular flexibility index (Phi) is 10.4. The molecule has 1 fully saturated rings. The lowest BCUT2D eigenvalue weighted by Gasteiger charge is -2.34. The molecular formula is C22H32Cl2N4O. The van der Waals surface area contributed by atoms with Crippen LogP contribution in [0, 0.1) is 0 Å². The zero-order valence-corrected chi connectivity index (χ0v) is 19.1. The fraction of sp³-hybridized carbons (Fsp3) is 0.455. The Bertz CT molecular complexity index is 762. The van der Waals surface area contributed by atoms with Crippen LogP contribution in [0.2, 0.25) is 0 Å². The predicted octanol–water partition coefficient (Wildman–Crippen LogP) is 4.26. The number of carbonyl (C=O) groups is 1. The number of nitrogens with one attached hydrogen (secondary N) is 1. The number of piperidine rings is 1. The molecule has 1 saturated heterocycles. The maximum Gasteiger partial charge on any atom is 0.255 e. The van der Waals surface area contributed by atoms with E-state index >= 15 is 0 Å². The molecule has 7 heteroatoms. The second kappa shape index (κ2) is 12.0. The van der Waals surface area contributed by atoms with Crippen LogP contribution in [0.4, 0.5) is 5.69 Å². The first-order valence-electron chi connectivity index (χ1n) is 9.84. The number of halogens is 2. The number of nitrogens with zero attached hydrogens (tertiary/aromatic N) is 3. The number of hydrogen-bond acceptors (Lipinski definition) is 4. The van der Waals surface area contributed by atoms with E-state index in [2.05, 4.69) is 51.3 Å². The summed E-state index contributed by atoms with van der Waals surface area (Å²) in [6, 6.07) is 10.6. The molecule has 160 valence electrons. The molecule has 0 saturated carbocycles. The van der Waals surface area contributed by atoms with Crippen LogP contribution in [-0.2, 0) is 0 Å². The third-order valence-electron chi connectivity index (χ3n) is 5.18. The van der Waals surface area contributed by atoms with Crippen molar-refractivity contribution in [2.75, 3.05) is 38.6 Å². The van der Waals surface area contributed by atoms with Crippen molar-refractivity contribution in [2.24, 2.45) is 0 Å². The Labute approximate surface area is 186 Å². The summed E-state index contributed by atoms with van der Waals surface area (Å²) >= 11 is 0. The van der Waals surface area contributed by atoms with Gasteiger partial charge in [0.2, 0.25) is 0 Å². The molecule has 1 aliphatic rings. The van der Waals surface area contributed by atoms with Crippen LogP contribution in [0.1, 0.15) is 36.5 Å². The number of benzene rings is 1. The summed E-state index contributed by atoms with van der Waals surface area (Å²) in [7, 11) is 4.05. The van der Waals surface area contributed by atoms with Crippen molar-refractivity contribution in [3.05, 3.63) is 48.3 Å². The number of aromatic nitrogens is 1. The van der Waals surface area contributed by atoms with Gasteiger partial charge >= 0.3 is 0 Å². The number of hydrogen-bond donors (Lipinski definition) is 1. The molecule has 2 aromatic rings. The Hall–Kier alpha value is -1.82. The summed E-state index contributed by atoms with van der Waals surface area (Å²) in [5, 5.41) is 3.38. The summed E-state index contributed by atoms with van der Waals surface area (Å²) in [6.45, 7) is 4.89. The number of pyridine rings is 1. The zero-order chi connectivity index (χ0) is 19.2. The monoisotopic (exact) mass is 438 g/mol. The van der Waals surface area contributed by atoms with E-state index in [1.165, 1.54) is 0 Å². The van der Waals surface area contributed by atoms with Crippen molar-refractivity contribution in [3.8, 4) is 11.1 Å². The van der Waals surface area contributed by atoms with Gasteiger partial charge in [-0.25, -0.2) is 0 Å². The van der Waals surface area contributed by atoms with E-state index in [0.29, 0.717) is 11.6 Å². The van der Waals surface area contributed by atoms with Gasteiger partial charge in [-0.2, -0.15) is 0 Å². The van der Waals surface area contributed by atoms with Crippen molar-refractivity contribution in [2.45, 2.75) is 32.2 Å². The lowest BCUT2D eigenvalue weighted by Crippen LogP contribution is -2.46. The third kappa shape index (κ3) is 6.33. The Morgan fingerprint density at radius 1 is 1.07 bits per heavy atom. The number of anilines is 1. The fourth-order valence-electron chi connectivity index (χ4n) is 3.64. The average molecular weight is 439 g/mol. The molecule has 1 N–H and O–H groups in total. The lowest BCUT2D eigenvalue weighted by atomic mass is 10.0. The van der Waals surface area contributed by atoms with Gasteiger partial charge in [0.15, 0.2) is 0 Å². The van der Waals surface area contributed by atoms with E-state index in [1.807, 2.05) is 26.4 Å². The van der Waals surface area contributed by atoms with Gasteiger partial charge in [-0.05, 0) is 56.1 Å². The van der Waals surface area contributed by atoms with E-state index in [9.17, 15) is 4.79 Å². The first-order valence-corrected chi connectivity index (χ1v) is 9.84. The third-order valence-corrected chi connectivity index (χ3v) is 5.18. The van der Waals surface area contributed by atoms with E-state index < -0.39 is 0 Å². The van der Waals surface area contributed by atoms with Gasteiger partial charge in [-0.3, -0.25) is 9.78 Å². The minimum Gasteiger partial charge on any atom is -0.378 e.